The molecule has 282 valence electrons. The van der Waals surface area contributed by atoms with Crippen LogP contribution in [-0.2, 0) is 22.6 Å². The first-order chi connectivity index (χ1) is 26.4. The van der Waals surface area contributed by atoms with Gasteiger partial charge in [0.25, 0.3) is 5.91 Å². The van der Waals surface area contributed by atoms with E-state index < -0.39 is 5.97 Å². The molecule has 0 bridgehead atoms. The molecule has 0 unspecified atom stereocenters. The third kappa shape index (κ3) is 10.7. The number of likely N-dealkylation sites (tertiary alicyclic amines) is 1. The van der Waals surface area contributed by atoms with Crippen LogP contribution in [0.15, 0.2) is 103 Å². The van der Waals surface area contributed by atoms with Crippen molar-refractivity contribution in [1.29, 1.82) is 0 Å². The SMILES string of the molecule is COC(=O)c1ccc(CN(Cc2cccc(-c3cccc(C(=O)N4CCC(CCCC5CCNCC5)CC4)c3)c2)C(=O)/C=C/c2ccc(OC)cc2)cc1. The number of nitrogens with zero attached hydrogens (tertiary/aromatic N) is 2. The van der Waals surface area contributed by atoms with Gasteiger partial charge in [-0.3, -0.25) is 9.59 Å². The molecule has 2 heterocycles. The Balaban J connectivity index is 1.11. The van der Waals surface area contributed by atoms with Gasteiger partial charge in [-0.05, 0) is 127 Å². The van der Waals surface area contributed by atoms with Crippen LogP contribution >= 0.6 is 0 Å². The van der Waals surface area contributed by atoms with Crippen molar-refractivity contribution in [3.05, 3.63) is 131 Å². The van der Waals surface area contributed by atoms with Crippen LogP contribution in [0.4, 0.5) is 0 Å². The molecule has 8 nitrogen and oxygen atoms in total. The number of hydrogen-bond donors (Lipinski definition) is 1. The van der Waals surface area contributed by atoms with E-state index in [2.05, 4.69) is 11.4 Å². The molecule has 4 aromatic rings. The van der Waals surface area contributed by atoms with E-state index in [1.165, 1.54) is 52.3 Å². The number of carbonyl (C=O) groups is 3. The maximum absolute atomic E-state index is 13.7. The Morgan fingerprint density at radius 2 is 1.39 bits per heavy atom. The second kappa shape index (κ2) is 19.2. The first kappa shape index (κ1) is 38.5. The molecule has 0 saturated carbocycles. The summed E-state index contributed by atoms with van der Waals surface area (Å²) in [4.78, 5) is 43.2. The highest BCUT2D eigenvalue weighted by Gasteiger charge is 2.24. The molecule has 2 saturated heterocycles. The van der Waals surface area contributed by atoms with E-state index in [0.717, 1.165) is 65.4 Å². The minimum Gasteiger partial charge on any atom is -0.497 e. The van der Waals surface area contributed by atoms with Gasteiger partial charge >= 0.3 is 5.97 Å². The van der Waals surface area contributed by atoms with Crippen LogP contribution in [0, 0.1) is 11.8 Å². The molecule has 2 aliphatic heterocycles. The lowest BCUT2D eigenvalue weighted by Crippen LogP contribution is -2.38. The molecular formula is C46H53N3O5. The summed E-state index contributed by atoms with van der Waals surface area (Å²) in [5, 5.41) is 3.47. The summed E-state index contributed by atoms with van der Waals surface area (Å²) in [5.41, 5.74) is 5.84. The third-order valence-electron chi connectivity index (χ3n) is 10.9. The Kier molecular flexibility index (Phi) is 13.7. The summed E-state index contributed by atoms with van der Waals surface area (Å²) in [6.45, 7) is 4.68. The molecule has 2 aliphatic rings. The Hall–Kier alpha value is -5.21. The zero-order chi connectivity index (χ0) is 37.7. The van der Waals surface area contributed by atoms with Crippen LogP contribution in [0.1, 0.15) is 82.4 Å². The van der Waals surface area contributed by atoms with Crippen molar-refractivity contribution in [2.24, 2.45) is 11.8 Å². The molecule has 0 radical (unpaired) electrons. The van der Waals surface area contributed by atoms with E-state index in [1.54, 1.807) is 36.3 Å². The number of ether oxygens (including phenoxy) is 2. The number of nitrogens with one attached hydrogen (secondary N) is 1. The van der Waals surface area contributed by atoms with Crippen LogP contribution in [-0.4, -0.2) is 68.0 Å². The Morgan fingerprint density at radius 1 is 0.741 bits per heavy atom. The molecular weight excluding hydrogens is 675 g/mol. The van der Waals surface area contributed by atoms with Crippen LogP contribution in [0.5, 0.6) is 5.75 Å². The fraction of sp³-hybridized carbons (Fsp3) is 0.370. The van der Waals surface area contributed by atoms with E-state index in [0.29, 0.717) is 30.1 Å². The number of hydrogen-bond acceptors (Lipinski definition) is 6. The number of rotatable bonds is 14. The van der Waals surface area contributed by atoms with Crippen molar-refractivity contribution in [1.82, 2.24) is 15.1 Å². The lowest BCUT2D eigenvalue weighted by atomic mass is 9.87. The molecule has 4 aromatic carbocycles. The molecule has 2 fully saturated rings. The lowest BCUT2D eigenvalue weighted by Gasteiger charge is -2.32. The van der Waals surface area contributed by atoms with Gasteiger partial charge in [-0.25, -0.2) is 4.79 Å². The Bertz CT molecular complexity index is 1870. The Morgan fingerprint density at radius 3 is 2.07 bits per heavy atom. The minimum atomic E-state index is -0.405. The smallest absolute Gasteiger partial charge is 0.337 e. The molecule has 0 aromatic heterocycles. The first-order valence-corrected chi connectivity index (χ1v) is 19.4. The summed E-state index contributed by atoms with van der Waals surface area (Å²) in [5.74, 6) is 1.89. The van der Waals surface area contributed by atoms with Crippen LogP contribution < -0.4 is 10.1 Å². The monoisotopic (exact) mass is 727 g/mol. The highest BCUT2D eigenvalue weighted by atomic mass is 16.5. The number of piperidine rings is 2. The topological polar surface area (TPSA) is 88.2 Å². The third-order valence-corrected chi connectivity index (χ3v) is 10.9. The summed E-state index contributed by atoms with van der Waals surface area (Å²) < 4.78 is 10.1. The lowest BCUT2D eigenvalue weighted by molar-refractivity contribution is -0.127. The van der Waals surface area contributed by atoms with Crippen molar-refractivity contribution in [3.8, 4) is 16.9 Å². The van der Waals surface area contributed by atoms with Crippen LogP contribution in [0.2, 0.25) is 0 Å². The van der Waals surface area contributed by atoms with Crippen LogP contribution in [0.3, 0.4) is 0 Å². The molecule has 0 aliphatic carbocycles. The average molecular weight is 728 g/mol. The fourth-order valence-electron chi connectivity index (χ4n) is 7.66. The van der Waals surface area contributed by atoms with E-state index in [-0.39, 0.29) is 11.8 Å². The van der Waals surface area contributed by atoms with Gasteiger partial charge in [-0.15, -0.1) is 0 Å². The molecule has 1 N–H and O–H groups in total. The summed E-state index contributed by atoms with van der Waals surface area (Å²) in [6, 6.07) is 30.7. The zero-order valence-corrected chi connectivity index (χ0v) is 31.7. The van der Waals surface area contributed by atoms with Crippen molar-refractivity contribution in [2.45, 2.75) is 58.0 Å². The summed E-state index contributed by atoms with van der Waals surface area (Å²) in [7, 11) is 2.98. The quantitative estimate of drug-likeness (QED) is 0.104. The van der Waals surface area contributed by atoms with Gasteiger partial charge in [-0.2, -0.15) is 0 Å². The maximum Gasteiger partial charge on any atom is 0.337 e. The number of benzene rings is 4. The van der Waals surface area contributed by atoms with E-state index in [1.807, 2.05) is 83.8 Å². The highest BCUT2D eigenvalue weighted by Crippen LogP contribution is 2.28. The minimum absolute atomic E-state index is 0.0970. The largest absolute Gasteiger partial charge is 0.497 e. The van der Waals surface area contributed by atoms with E-state index in [9.17, 15) is 14.4 Å². The molecule has 54 heavy (non-hydrogen) atoms. The second-order valence-electron chi connectivity index (χ2n) is 14.6. The number of amides is 2. The summed E-state index contributed by atoms with van der Waals surface area (Å²) in [6.07, 6.45) is 12.1. The van der Waals surface area contributed by atoms with Gasteiger partial charge in [0.15, 0.2) is 0 Å². The number of esters is 1. The van der Waals surface area contributed by atoms with Gasteiger partial charge in [0, 0.05) is 37.8 Å². The fourth-order valence-corrected chi connectivity index (χ4v) is 7.66. The molecule has 0 spiro atoms. The van der Waals surface area contributed by atoms with Gasteiger partial charge < -0.3 is 24.6 Å². The molecule has 8 heteroatoms. The second-order valence-corrected chi connectivity index (χ2v) is 14.6. The van der Waals surface area contributed by atoms with Crippen molar-refractivity contribution >= 4 is 23.9 Å². The number of carbonyl (C=O) groups excluding carboxylic acids is 3. The van der Waals surface area contributed by atoms with Crippen molar-refractivity contribution < 1.29 is 23.9 Å². The van der Waals surface area contributed by atoms with Gasteiger partial charge in [0.2, 0.25) is 5.91 Å². The average Bonchev–Trinajstić information content (AvgIpc) is 3.23. The summed E-state index contributed by atoms with van der Waals surface area (Å²) >= 11 is 0. The van der Waals surface area contributed by atoms with Gasteiger partial charge in [-0.1, -0.05) is 73.9 Å². The predicted octanol–water partition coefficient (Wildman–Crippen LogP) is 8.41. The van der Waals surface area contributed by atoms with Gasteiger partial charge in [0.1, 0.15) is 5.75 Å². The standard InChI is InChI=1S/C46H53N3O5/c1-53-43-19-14-36(15-20-43)16-21-44(50)49(32-37-12-17-39(18-13-37)46(52)54-2)33-38-8-4-9-40(30-38)41-10-5-11-42(31-41)45(51)48-28-24-35(25-29-48)7-3-6-34-22-26-47-27-23-34/h4-5,8-21,30-31,34-35,47H,3,6-7,22-29,32-33H2,1-2H3/b21-16+. The van der Waals surface area contributed by atoms with Gasteiger partial charge in [0.05, 0.1) is 19.8 Å². The molecule has 0 atom stereocenters. The first-order valence-electron chi connectivity index (χ1n) is 19.4. The molecule has 6 rings (SSSR count). The zero-order valence-electron chi connectivity index (χ0n) is 31.7. The maximum atomic E-state index is 13.7. The van der Waals surface area contributed by atoms with E-state index >= 15 is 0 Å². The van der Waals surface area contributed by atoms with Crippen molar-refractivity contribution in [2.75, 3.05) is 40.4 Å². The highest BCUT2D eigenvalue weighted by molar-refractivity contribution is 5.95. The number of methoxy groups -OCH3 is 2. The van der Waals surface area contributed by atoms with E-state index in [4.69, 9.17) is 9.47 Å². The van der Waals surface area contributed by atoms with Crippen LogP contribution in [0.25, 0.3) is 17.2 Å². The normalized spacial score (nSPS) is 15.3. The Labute approximate surface area is 320 Å². The van der Waals surface area contributed by atoms with Crippen molar-refractivity contribution in [3.63, 3.8) is 0 Å². The predicted molar refractivity (Wildman–Crippen MR) is 214 cm³/mol. The molecule has 2 amide bonds.